The van der Waals surface area contributed by atoms with Crippen molar-refractivity contribution in [2.45, 2.75) is 69.5 Å². The lowest BCUT2D eigenvalue weighted by Gasteiger charge is -2.34. The Balaban J connectivity index is 1.73. The molecule has 10 heteroatoms. The lowest BCUT2D eigenvalue weighted by Crippen LogP contribution is -2.53. The van der Waals surface area contributed by atoms with Crippen LogP contribution in [-0.4, -0.2) is 43.8 Å². The molecule has 1 N–H and O–H groups in total. The Morgan fingerprint density at radius 3 is 2.32 bits per heavy atom. The lowest BCUT2D eigenvalue weighted by atomic mass is 10.1. The summed E-state index contributed by atoms with van der Waals surface area (Å²) in [5.41, 5.74) is 1.97. The molecular weight excluding hydrogens is 581 g/mol. The summed E-state index contributed by atoms with van der Waals surface area (Å²) < 4.78 is 28.8. The summed E-state index contributed by atoms with van der Waals surface area (Å²) in [6, 6.07) is 19.3. The number of benzene rings is 3. The van der Waals surface area contributed by atoms with Crippen LogP contribution in [-0.2, 0) is 26.2 Å². The SMILES string of the molecule is CC[C@H](C(=O)NC1CCCC1)N(Cc1cccc(C)c1)C(=O)CN(c1ccc(Cl)cc1Cl)S(=O)(=O)c1ccccc1. The molecule has 0 bridgehead atoms. The maximum atomic E-state index is 14.2. The van der Waals surface area contributed by atoms with Crippen molar-refractivity contribution < 1.29 is 18.0 Å². The highest BCUT2D eigenvalue weighted by Crippen LogP contribution is 2.33. The van der Waals surface area contributed by atoms with Crippen LogP contribution in [0.5, 0.6) is 0 Å². The number of nitrogens with zero attached hydrogens (tertiary/aromatic N) is 2. The minimum atomic E-state index is -4.21. The molecule has 0 unspecified atom stereocenters. The summed E-state index contributed by atoms with van der Waals surface area (Å²) in [5, 5.41) is 3.53. The molecule has 3 aromatic carbocycles. The predicted molar refractivity (Wildman–Crippen MR) is 164 cm³/mol. The van der Waals surface area contributed by atoms with Gasteiger partial charge in [-0.2, -0.15) is 0 Å². The smallest absolute Gasteiger partial charge is 0.264 e. The fourth-order valence-corrected chi connectivity index (χ4v) is 7.23. The lowest BCUT2D eigenvalue weighted by molar-refractivity contribution is -0.140. The van der Waals surface area contributed by atoms with Crippen LogP contribution in [0, 0.1) is 6.92 Å². The topological polar surface area (TPSA) is 86.8 Å². The number of anilines is 1. The van der Waals surface area contributed by atoms with Gasteiger partial charge in [-0.05, 0) is 62.1 Å². The molecule has 218 valence electrons. The minimum Gasteiger partial charge on any atom is -0.352 e. The first-order chi connectivity index (χ1) is 19.6. The number of amides is 2. The van der Waals surface area contributed by atoms with Gasteiger partial charge in [0, 0.05) is 17.6 Å². The van der Waals surface area contributed by atoms with Crippen molar-refractivity contribution in [3.8, 4) is 0 Å². The van der Waals surface area contributed by atoms with Gasteiger partial charge in [0.1, 0.15) is 12.6 Å². The third-order valence-corrected chi connectivity index (χ3v) is 9.62. The number of nitrogens with one attached hydrogen (secondary N) is 1. The van der Waals surface area contributed by atoms with Crippen LogP contribution in [0.4, 0.5) is 5.69 Å². The van der Waals surface area contributed by atoms with Crippen molar-refractivity contribution >= 4 is 50.7 Å². The molecule has 0 saturated heterocycles. The van der Waals surface area contributed by atoms with E-state index in [0.29, 0.717) is 11.4 Å². The second-order valence-electron chi connectivity index (χ2n) is 10.3. The van der Waals surface area contributed by atoms with E-state index >= 15 is 0 Å². The summed E-state index contributed by atoms with van der Waals surface area (Å²) in [6.45, 7) is 3.39. The first kappa shape index (κ1) is 30.9. The highest BCUT2D eigenvalue weighted by Gasteiger charge is 2.35. The average Bonchev–Trinajstić information content (AvgIpc) is 3.45. The van der Waals surface area contributed by atoms with E-state index in [1.54, 1.807) is 18.2 Å². The van der Waals surface area contributed by atoms with Gasteiger partial charge >= 0.3 is 0 Å². The van der Waals surface area contributed by atoms with Crippen LogP contribution in [0.1, 0.15) is 50.2 Å². The highest BCUT2D eigenvalue weighted by molar-refractivity contribution is 7.92. The molecule has 41 heavy (non-hydrogen) atoms. The van der Waals surface area contributed by atoms with Gasteiger partial charge in [-0.3, -0.25) is 13.9 Å². The number of hydrogen-bond acceptors (Lipinski definition) is 4. The van der Waals surface area contributed by atoms with E-state index in [-0.39, 0.29) is 34.1 Å². The Bertz CT molecular complexity index is 1480. The molecule has 0 spiro atoms. The van der Waals surface area contributed by atoms with Crippen LogP contribution in [0.3, 0.4) is 0 Å². The van der Waals surface area contributed by atoms with Crippen LogP contribution in [0.2, 0.25) is 10.0 Å². The number of carbonyl (C=O) groups is 2. The van der Waals surface area contributed by atoms with Gasteiger partial charge in [-0.1, -0.05) is 91.0 Å². The summed E-state index contributed by atoms with van der Waals surface area (Å²) in [5.74, 6) is -0.757. The Kier molecular flexibility index (Phi) is 10.3. The van der Waals surface area contributed by atoms with Gasteiger partial charge in [-0.25, -0.2) is 8.42 Å². The molecule has 1 fully saturated rings. The molecule has 0 aromatic heterocycles. The predicted octanol–water partition coefficient (Wildman–Crippen LogP) is 6.36. The van der Waals surface area contributed by atoms with Crippen LogP contribution in [0.25, 0.3) is 0 Å². The Morgan fingerprint density at radius 1 is 0.976 bits per heavy atom. The molecule has 7 nitrogen and oxygen atoms in total. The van der Waals surface area contributed by atoms with Gasteiger partial charge < -0.3 is 10.2 Å². The quantitative estimate of drug-likeness (QED) is 0.272. The molecule has 4 rings (SSSR count). The van der Waals surface area contributed by atoms with Crippen molar-refractivity contribution in [2.75, 3.05) is 10.8 Å². The summed E-state index contributed by atoms with van der Waals surface area (Å²) >= 11 is 12.6. The second-order valence-corrected chi connectivity index (χ2v) is 13.1. The van der Waals surface area contributed by atoms with Crippen molar-refractivity contribution in [1.82, 2.24) is 10.2 Å². The van der Waals surface area contributed by atoms with Crippen molar-refractivity contribution in [3.05, 3.63) is 94.0 Å². The normalized spacial score (nSPS) is 14.4. The van der Waals surface area contributed by atoms with E-state index in [0.717, 1.165) is 41.1 Å². The van der Waals surface area contributed by atoms with Crippen LogP contribution in [0.15, 0.2) is 77.7 Å². The van der Waals surface area contributed by atoms with E-state index in [1.807, 2.05) is 38.1 Å². The molecule has 1 atom stereocenters. The van der Waals surface area contributed by atoms with E-state index in [9.17, 15) is 18.0 Å². The number of halogens is 2. The van der Waals surface area contributed by atoms with Gasteiger partial charge in [-0.15, -0.1) is 0 Å². The molecule has 1 aliphatic carbocycles. The molecule has 1 saturated carbocycles. The standard InChI is InChI=1S/C31H35Cl2N3O4S/c1-3-28(31(38)34-25-12-7-8-13-25)35(20-23-11-9-10-22(2)18-23)30(37)21-36(29-17-16-24(32)19-27(29)33)41(39,40)26-14-5-4-6-15-26/h4-6,9-11,14-19,25,28H,3,7-8,12-13,20-21H2,1-2H3,(H,34,38)/t28-/m1/s1. The van der Waals surface area contributed by atoms with E-state index in [2.05, 4.69) is 5.32 Å². The molecular formula is C31H35Cl2N3O4S. The number of rotatable bonds is 11. The van der Waals surface area contributed by atoms with Crippen molar-refractivity contribution in [2.24, 2.45) is 0 Å². The first-order valence-corrected chi connectivity index (χ1v) is 16.0. The molecule has 0 aliphatic heterocycles. The minimum absolute atomic E-state index is 0.00932. The van der Waals surface area contributed by atoms with Gasteiger partial charge in [0.05, 0.1) is 15.6 Å². The third kappa shape index (κ3) is 7.61. The zero-order valence-electron chi connectivity index (χ0n) is 23.2. The second kappa shape index (κ2) is 13.7. The molecule has 1 aliphatic rings. The number of aryl methyl sites for hydroxylation is 1. The summed E-state index contributed by atoms with van der Waals surface area (Å²) in [6.07, 6.45) is 4.30. The number of carbonyl (C=O) groups excluding carboxylic acids is 2. The monoisotopic (exact) mass is 615 g/mol. The van der Waals surface area contributed by atoms with Crippen LogP contribution < -0.4 is 9.62 Å². The zero-order chi connectivity index (χ0) is 29.6. The molecule has 0 radical (unpaired) electrons. The molecule has 2 amide bonds. The third-order valence-electron chi connectivity index (χ3n) is 7.31. The van der Waals surface area contributed by atoms with Crippen LogP contribution >= 0.6 is 23.2 Å². The molecule has 0 heterocycles. The fourth-order valence-electron chi connectivity index (χ4n) is 5.21. The maximum Gasteiger partial charge on any atom is 0.264 e. The first-order valence-electron chi connectivity index (χ1n) is 13.8. The summed E-state index contributed by atoms with van der Waals surface area (Å²) in [4.78, 5) is 29.2. The van der Waals surface area contributed by atoms with Gasteiger partial charge in [0.25, 0.3) is 10.0 Å². The van der Waals surface area contributed by atoms with E-state index < -0.39 is 28.5 Å². The zero-order valence-corrected chi connectivity index (χ0v) is 25.6. The van der Waals surface area contributed by atoms with Gasteiger partial charge in [0.15, 0.2) is 0 Å². The number of sulfonamides is 1. The summed E-state index contributed by atoms with van der Waals surface area (Å²) in [7, 11) is -4.21. The van der Waals surface area contributed by atoms with E-state index in [1.165, 1.54) is 35.2 Å². The van der Waals surface area contributed by atoms with Crippen molar-refractivity contribution in [1.29, 1.82) is 0 Å². The Hall–Kier alpha value is -3.07. The van der Waals surface area contributed by atoms with E-state index in [4.69, 9.17) is 23.2 Å². The number of hydrogen-bond donors (Lipinski definition) is 1. The average molecular weight is 617 g/mol. The van der Waals surface area contributed by atoms with Gasteiger partial charge in [0.2, 0.25) is 11.8 Å². The maximum absolute atomic E-state index is 14.2. The molecule has 3 aromatic rings. The largest absolute Gasteiger partial charge is 0.352 e. The van der Waals surface area contributed by atoms with Crippen molar-refractivity contribution in [3.63, 3.8) is 0 Å². The Labute approximate surface area is 252 Å². The Morgan fingerprint density at radius 2 is 1.68 bits per heavy atom. The highest BCUT2D eigenvalue weighted by atomic mass is 35.5. The fraction of sp³-hybridized carbons (Fsp3) is 0.355.